The predicted octanol–water partition coefficient (Wildman–Crippen LogP) is 15.5. The molecular weight excluding hydrogens is 831 g/mol. The molecule has 6 aromatic carbocycles. The number of aliphatic imine (C=N–C) groups is 1. The van der Waals surface area contributed by atoms with Gasteiger partial charge in [0.2, 0.25) is 0 Å². The Balaban J connectivity index is 1.30. The number of para-hydroxylation sites is 3. The molecule has 1 aliphatic rings. The minimum absolute atomic E-state index is 0.126. The van der Waals surface area contributed by atoms with Crippen LogP contribution in [-0.4, -0.2) is 23.6 Å². The Morgan fingerprint density at radius 3 is 2.09 bits per heavy atom. The quantitative estimate of drug-likeness (QED) is 0.0729. The van der Waals surface area contributed by atoms with E-state index in [1.54, 1.807) is 6.08 Å². The summed E-state index contributed by atoms with van der Waals surface area (Å²) in [4.78, 5) is 9.07. The SMILES string of the molecule is C=C\C=C/C(=C\N(C)/C(=N\C(=N)c1ccccc1)c1ccc2c(c1)oc1ccccc12)C1=C/C(C)(c2ccccc2NC(=C)/C(=C\C)c2ccccc2)/C=C\C(=C)N(c2ccccc2)C(=C)/C=C\1. The van der Waals surface area contributed by atoms with E-state index in [-0.39, 0.29) is 5.84 Å². The molecule has 6 heteroatoms. The van der Waals surface area contributed by atoms with Gasteiger partial charge in [-0.1, -0.05) is 190 Å². The van der Waals surface area contributed by atoms with Gasteiger partial charge in [-0.25, -0.2) is 4.99 Å². The molecule has 2 heterocycles. The third-order valence-corrected chi connectivity index (χ3v) is 11.9. The summed E-state index contributed by atoms with van der Waals surface area (Å²) >= 11 is 0. The van der Waals surface area contributed by atoms with E-state index in [9.17, 15) is 5.41 Å². The van der Waals surface area contributed by atoms with E-state index in [1.807, 2.05) is 146 Å². The van der Waals surface area contributed by atoms with E-state index < -0.39 is 5.41 Å². The second-order valence-electron chi connectivity index (χ2n) is 16.7. The first-order valence-electron chi connectivity index (χ1n) is 22.6. The molecule has 334 valence electrons. The van der Waals surface area contributed by atoms with Gasteiger partial charge >= 0.3 is 0 Å². The van der Waals surface area contributed by atoms with Crippen LogP contribution in [0.2, 0.25) is 0 Å². The summed E-state index contributed by atoms with van der Waals surface area (Å²) in [5.74, 6) is 0.681. The molecule has 8 rings (SSSR count). The second-order valence-corrected chi connectivity index (χ2v) is 16.7. The van der Waals surface area contributed by atoms with E-state index in [0.717, 1.165) is 83.8 Å². The summed E-state index contributed by atoms with van der Waals surface area (Å²) in [6.45, 7) is 21.9. The average molecular weight is 886 g/mol. The number of rotatable bonds is 12. The van der Waals surface area contributed by atoms with Crippen LogP contribution in [0.5, 0.6) is 0 Å². The van der Waals surface area contributed by atoms with Crippen LogP contribution in [0.1, 0.15) is 36.1 Å². The molecule has 0 bridgehead atoms. The van der Waals surface area contributed by atoms with E-state index in [1.165, 1.54) is 0 Å². The molecule has 0 saturated carbocycles. The molecule has 7 aromatic rings. The van der Waals surface area contributed by atoms with Gasteiger partial charge in [0.15, 0.2) is 5.84 Å². The fraction of sp³-hybridized carbons (Fsp3) is 0.0645. The zero-order chi connectivity index (χ0) is 47.6. The van der Waals surface area contributed by atoms with Crippen LogP contribution in [0.4, 0.5) is 11.4 Å². The summed E-state index contributed by atoms with van der Waals surface area (Å²) in [7, 11) is 1.96. The average Bonchev–Trinajstić information content (AvgIpc) is 3.74. The first-order valence-corrected chi connectivity index (χ1v) is 22.6. The number of allylic oxidation sites excluding steroid dienone is 12. The standard InChI is InChI=1S/C62H55N5O/c1-8-10-24-51(43-66(7)61(65-60(63)48-27-16-12-17-28-48)49-37-38-55-54-31-20-23-34-58(54)68-59(55)41-49)50-36-35-44(3)67(52-29-18-13-19-30-52)45(4)39-40-62(6,42-50)56-32-21-22-33-57(56)64-46(5)53(9-2)47-25-14-11-15-26-47/h8-43,63-64H,1,3-5H2,2,6-7H3/b24-10-,36-35-,40-39-,50-42+,51-43+,53-9+,63-60?,65-61-. The Labute approximate surface area is 400 Å². The Kier molecular flexibility index (Phi) is 13.9. The predicted molar refractivity (Wildman–Crippen MR) is 289 cm³/mol. The molecular formula is C62H55N5O. The maximum Gasteiger partial charge on any atom is 0.154 e. The Hall–Kier alpha value is -8.74. The van der Waals surface area contributed by atoms with Gasteiger partial charge in [0, 0.05) is 74.6 Å². The Morgan fingerprint density at radius 1 is 0.735 bits per heavy atom. The number of amidine groups is 2. The number of furan rings is 1. The number of anilines is 2. The van der Waals surface area contributed by atoms with Gasteiger partial charge in [0.05, 0.1) is 0 Å². The number of nitrogens with one attached hydrogen (secondary N) is 2. The molecule has 1 unspecified atom stereocenters. The molecule has 1 aromatic heterocycles. The second kappa shape index (κ2) is 20.6. The summed E-state index contributed by atoms with van der Waals surface area (Å²) in [6.07, 6.45) is 20.5. The smallest absolute Gasteiger partial charge is 0.154 e. The lowest BCUT2D eigenvalue weighted by Gasteiger charge is -2.31. The fourth-order valence-electron chi connectivity index (χ4n) is 8.52. The lowest BCUT2D eigenvalue weighted by Crippen LogP contribution is -2.25. The number of benzene rings is 6. The third kappa shape index (κ3) is 10.1. The minimum Gasteiger partial charge on any atom is -0.456 e. The number of hydrogen-bond donors (Lipinski definition) is 2. The van der Waals surface area contributed by atoms with Gasteiger partial charge in [-0.3, -0.25) is 5.41 Å². The van der Waals surface area contributed by atoms with Gasteiger partial charge in [0.1, 0.15) is 17.0 Å². The highest BCUT2D eigenvalue weighted by Crippen LogP contribution is 2.39. The molecule has 68 heavy (non-hydrogen) atoms. The van der Waals surface area contributed by atoms with E-state index in [2.05, 4.69) is 128 Å². The number of fused-ring (bicyclic) bond motifs is 3. The van der Waals surface area contributed by atoms with Gasteiger partial charge in [-0.2, -0.15) is 0 Å². The van der Waals surface area contributed by atoms with Crippen molar-refractivity contribution in [1.29, 1.82) is 5.41 Å². The number of nitrogens with zero attached hydrogens (tertiary/aromatic N) is 3. The van der Waals surface area contributed by atoms with Gasteiger partial charge < -0.3 is 19.5 Å². The van der Waals surface area contributed by atoms with Crippen LogP contribution in [0.25, 0.3) is 27.5 Å². The fourth-order valence-corrected chi connectivity index (χ4v) is 8.52. The van der Waals surface area contributed by atoms with Crippen LogP contribution < -0.4 is 10.2 Å². The maximum atomic E-state index is 9.22. The molecule has 0 amide bonds. The number of hydrogen-bond acceptors (Lipinski definition) is 4. The highest BCUT2D eigenvalue weighted by atomic mass is 16.3. The summed E-state index contributed by atoms with van der Waals surface area (Å²) < 4.78 is 6.37. The topological polar surface area (TPSA) is 67.9 Å². The van der Waals surface area contributed by atoms with E-state index in [4.69, 9.17) is 9.41 Å². The first kappa shape index (κ1) is 45.8. The molecule has 0 radical (unpaired) electrons. The van der Waals surface area contributed by atoms with Gasteiger partial charge in [-0.15, -0.1) is 0 Å². The highest BCUT2D eigenvalue weighted by Gasteiger charge is 2.27. The molecule has 6 nitrogen and oxygen atoms in total. The first-order chi connectivity index (χ1) is 33.1. The summed E-state index contributed by atoms with van der Waals surface area (Å²) in [6, 6.07) is 52.5. The molecule has 0 fully saturated rings. The third-order valence-electron chi connectivity index (χ3n) is 11.9. The Morgan fingerprint density at radius 2 is 1.37 bits per heavy atom. The van der Waals surface area contributed by atoms with E-state index >= 15 is 0 Å². The van der Waals surface area contributed by atoms with Crippen molar-refractivity contribution in [1.82, 2.24) is 4.90 Å². The van der Waals surface area contributed by atoms with Crippen molar-refractivity contribution in [3.05, 3.63) is 295 Å². The van der Waals surface area contributed by atoms with Crippen molar-refractivity contribution < 1.29 is 4.42 Å². The molecule has 1 aliphatic heterocycles. The van der Waals surface area contributed by atoms with Crippen molar-refractivity contribution >= 4 is 50.6 Å². The van der Waals surface area contributed by atoms with Crippen molar-refractivity contribution in [3.8, 4) is 0 Å². The molecule has 1 atom stereocenters. The molecule has 0 aliphatic carbocycles. The lowest BCUT2D eigenvalue weighted by atomic mass is 9.78. The van der Waals surface area contributed by atoms with Crippen LogP contribution in [-0.2, 0) is 5.41 Å². The zero-order valence-electron chi connectivity index (χ0n) is 38.9. The summed E-state index contributed by atoms with van der Waals surface area (Å²) in [5, 5.41) is 15.0. The molecule has 0 saturated heterocycles. The lowest BCUT2D eigenvalue weighted by molar-refractivity contribution is 0.667. The van der Waals surface area contributed by atoms with Crippen molar-refractivity contribution in [2.45, 2.75) is 19.3 Å². The maximum absolute atomic E-state index is 9.22. The largest absolute Gasteiger partial charge is 0.456 e. The van der Waals surface area contributed by atoms with Crippen molar-refractivity contribution in [2.75, 3.05) is 17.3 Å². The molecule has 0 spiro atoms. The van der Waals surface area contributed by atoms with Gasteiger partial charge in [-0.05, 0) is 84.7 Å². The van der Waals surface area contributed by atoms with Crippen LogP contribution in [0.3, 0.4) is 0 Å². The minimum atomic E-state index is -0.741. The molecule has 2 N–H and O–H groups in total. The Bertz CT molecular complexity index is 3270. The van der Waals surface area contributed by atoms with Crippen molar-refractivity contribution in [3.63, 3.8) is 0 Å². The summed E-state index contributed by atoms with van der Waals surface area (Å²) in [5.41, 5.74) is 11.2. The highest BCUT2D eigenvalue weighted by molar-refractivity contribution is 6.13. The van der Waals surface area contributed by atoms with Crippen LogP contribution >= 0.6 is 0 Å². The van der Waals surface area contributed by atoms with Crippen LogP contribution in [0.15, 0.2) is 283 Å². The van der Waals surface area contributed by atoms with Crippen LogP contribution in [0, 0.1) is 5.41 Å². The normalized spacial score (nSPS) is 17.7. The zero-order valence-corrected chi connectivity index (χ0v) is 38.9. The van der Waals surface area contributed by atoms with Gasteiger partial charge in [0.25, 0.3) is 0 Å². The monoisotopic (exact) mass is 885 g/mol. The van der Waals surface area contributed by atoms with E-state index in [0.29, 0.717) is 11.4 Å². The van der Waals surface area contributed by atoms with Crippen molar-refractivity contribution in [2.24, 2.45) is 4.99 Å².